The van der Waals surface area contributed by atoms with Gasteiger partial charge < -0.3 is 4.42 Å². The van der Waals surface area contributed by atoms with Gasteiger partial charge in [-0.1, -0.05) is 12.1 Å². The Morgan fingerprint density at radius 2 is 2.00 bits per heavy atom. The van der Waals surface area contributed by atoms with Crippen molar-refractivity contribution in [2.75, 3.05) is 0 Å². The van der Waals surface area contributed by atoms with Gasteiger partial charge in [-0.05, 0) is 25.5 Å². The third kappa shape index (κ3) is 1.58. The van der Waals surface area contributed by atoms with Crippen LogP contribution in [0.1, 0.15) is 34.5 Å². The van der Waals surface area contributed by atoms with Crippen LogP contribution in [0.5, 0.6) is 0 Å². The van der Waals surface area contributed by atoms with Gasteiger partial charge in [0.25, 0.3) is 0 Å². The van der Waals surface area contributed by atoms with E-state index in [2.05, 4.69) is 0 Å². The molecular weight excluding hydrogens is 231 g/mol. The smallest absolute Gasteiger partial charge is 0.166 e. The van der Waals surface area contributed by atoms with Crippen LogP contribution in [0.2, 0.25) is 0 Å². The summed E-state index contributed by atoms with van der Waals surface area (Å²) in [5, 5.41) is 0. The Hall–Kier alpha value is -1.90. The highest BCUT2D eigenvalue weighted by Crippen LogP contribution is 2.35. The Morgan fingerprint density at radius 1 is 1.22 bits per heavy atom. The Balaban J connectivity index is 2.21. The van der Waals surface area contributed by atoms with E-state index in [1.807, 2.05) is 6.92 Å². The number of fused-ring (bicyclic) bond motifs is 1. The van der Waals surface area contributed by atoms with E-state index in [1.165, 1.54) is 6.07 Å². The van der Waals surface area contributed by atoms with Crippen LogP contribution in [0, 0.1) is 12.7 Å². The topological polar surface area (TPSA) is 30.2 Å². The summed E-state index contributed by atoms with van der Waals surface area (Å²) in [6, 6.07) is 6.48. The SMILES string of the molecule is Cc1c(-c2ccccc2F)oc2c1C(=O)CCC2. The molecule has 1 heterocycles. The zero-order valence-corrected chi connectivity index (χ0v) is 10.1. The van der Waals surface area contributed by atoms with Crippen molar-refractivity contribution in [2.45, 2.75) is 26.2 Å². The number of benzene rings is 1. The van der Waals surface area contributed by atoms with Crippen LogP contribution >= 0.6 is 0 Å². The fourth-order valence-corrected chi connectivity index (χ4v) is 2.55. The predicted octanol–water partition coefficient (Wildman–Crippen LogP) is 3.91. The molecule has 2 nitrogen and oxygen atoms in total. The maximum absolute atomic E-state index is 13.8. The lowest BCUT2D eigenvalue weighted by atomic mass is 9.93. The summed E-state index contributed by atoms with van der Waals surface area (Å²) in [7, 11) is 0. The highest BCUT2D eigenvalue weighted by molar-refractivity contribution is 6.00. The molecule has 1 aromatic carbocycles. The molecule has 18 heavy (non-hydrogen) atoms. The molecule has 3 rings (SSSR count). The summed E-state index contributed by atoms with van der Waals surface area (Å²) in [5.74, 6) is 0.995. The number of hydrogen-bond donors (Lipinski definition) is 0. The predicted molar refractivity (Wildman–Crippen MR) is 66.1 cm³/mol. The van der Waals surface area contributed by atoms with Gasteiger partial charge in [-0.15, -0.1) is 0 Å². The first-order valence-electron chi connectivity index (χ1n) is 6.09. The lowest BCUT2D eigenvalue weighted by molar-refractivity contribution is 0.0969. The standard InChI is InChI=1S/C15H13FO2/c1-9-14-12(17)7-4-8-13(14)18-15(9)10-5-2-3-6-11(10)16/h2-3,5-6H,4,7-8H2,1H3. The number of rotatable bonds is 1. The fraction of sp³-hybridized carbons (Fsp3) is 0.267. The van der Waals surface area contributed by atoms with Crippen molar-refractivity contribution in [1.82, 2.24) is 0 Å². The summed E-state index contributed by atoms with van der Waals surface area (Å²) >= 11 is 0. The minimum absolute atomic E-state index is 0.111. The summed E-state index contributed by atoms with van der Waals surface area (Å²) < 4.78 is 19.5. The van der Waals surface area contributed by atoms with Crippen LogP contribution in [-0.2, 0) is 6.42 Å². The van der Waals surface area contributed by atoms with Gasteiger partial charge in [0.1, 0.15) is 17.3 Å². The number of carbonyl (C=O) groups is 1. The molecule has 0 radical (unpaired) electrons. The summed E-state index contributed by atoms with van der Waals surface area (Å²) in [6.07, 6.45) is 2.13. The van der Waals surface area contributed by atoms with E-state index in [0.29, 0.717) is 29.1 Å². The minimum Gasteiger partial charge on any atom is -0.460 e. The molecule has 0 unspecified atom stereocenters. The number of halogens is 1. The molecule has 0 N–H and O–H groups in total. The first-order valence-corrected chi connectivity index (χ1v) is 6.09. The molecule has 0 saturated heterocycles. The molecule has 1 aliphatic rings. The number of carbonyl (C=O) groups excluding carboxylic acids is 1. The number of aryl methyl sites for hydroxylation is 1. The van der Waals surface area contributed by atoms with Crippen LogP contribution < -0.4 is 0 Å². The average Bonchev–Trinajstić information content (AvgIpc) is 2.69. The highest BCUT2D eigenvalue weighted by atomic mass is 19.1. The number of ketones is 1. The average molecular weight is 244 g/mol. The van der Waals surface area contributed by atoms with Crippen LogP contribution in [0.25, 0.3) is 11.3 Å². The molecule has 0 saturated carbocycles. The first-order chi connectivity index (χ1) is 8.68. The molecule has 1 aliphatic carbocycles. The number of furan rings is 1. The Labute approximate surface area is 104 Å². The van der Waals surface area contributed by atoms with Crippen molar-refractivity contribution in [3.63, 3.8) is 0 Å². The van der Waals surface area contributed by atoms with Crippen molar-refractivity contribution < 1.29 is 13.6 Å². The monoisotopic (exact) mass is 244 g/mol. The molecule has 2 aromatic rings. The third-order valence-electron chi connectivity index (χ3n) is 3.42. The van der Waals surface area contributed by atoms with Crippen molar-refractivity contribution in [2.24, 2.45) is 0 Å². The Kier molecular flexibility index (Phi) is 2.54. The molecule has 0 aliphatic heterocycles. The molecule has 92 valence electrons. The van der Waals surface area contributed by atoms with E-state index in [4.69, 9.17) is 4.42 Å². The number of Topliss-reactive ketones (excluding diaryl/α,β-unsaturated/α-hetero) is 1. The van der Waals surface area contributed by atoms with E-state index in [0.717, 1.165) is 18.4 Å². The van der Waals surface area contributed by atoms with Gasteiger partial charge in [-0.3, -0.25) is 4.79 Å². The molecule has 0 fully saturated rings. The number of hydrogen-bond acceptors (Lipinski definition) is 2. The minimum atomic E-state index is -0.320. The van der Waals surface area contributed by atoms with Gasteiger partial charge >= 0.3 is 0 Å². The quantitative estimate of drug-likeness (QED) is 0.761. The zero-order chi connectivity index (χ0) is 12.7. The van der Waals surface area contributed by atoms with Crippen LogP contribution in [-0.4, -0.2) is 5.78 Å². The van der Waals surface area contributed by atoms with Crippen molar-refractivity contribution in [3.8, 4) is 11.3 Å². The lowest BCUT2D eigenvalue weighted by Gasteiger charge is -2.07. The molecule has 0 atom stereocenters. The molecule has 0 bridgehead atoms. The van der Waals surface area contributed by atoms with Crippen molar-refractivity contribution >= 4 is 5.78 Å². The molecular formula is C15H13FO2. The van der Waals surface area contributed by atoms with Gasteiger partial charge in [0, 0.05) is 18.4 Å². The van der Waals surface area contributed by atoms with Gasteiger partial charge in [-0.25, -0.2) is 4.39 Å². The van der Waals surface area contributed by atoms with Gasteiger partial charge in [-0.2, -0.15) is 0 Å². The van der Waals surface area contributed by atoms with Crippen molar-refractivity contribution in [3.05, 3.63) is 47.0 Å². The second-order valence-corrected chi connectivity index (χ2v) is 4.61. The lowest BCUT2D eigenvalue weighted by Crippen LogP contribution is -2.09. The van der Waals surface area contributed by atoms with E-state index >= 15 is 0 Å². The largest absolute Gasteiger partial charge is 0.460 e. The van der Waals surface area contributed by atoms with Gasteiger partial charge in [0.15, 0.2) is 5.78 Å². The van der Waals surface area contributed by atoms with E-state index in [-0.39, 0.29) is 11.6 Å². The molecule has 0 amide bonds. The van der Waals surface area contributed by atoms with Gasteiger partial charge in [0.2, 0.25) is 0 Å². The van der Waals surface area contributed by atoms with Crippen LogP contribution in [0.3, 0.4) is 0 Å². The highest BCUT2D eigenvalue weighted by Gasteiger charge is 2.27. The Bertz CT molecular complexity index is 625. The first kappa shape index (κ1) is 11.2. The second kappa shape index (κ2) is 4.09. The maximum Gasteiger partial charge on any atom is 0.166 e. The van der Waals surface area contributed by atoms with Crippen LogP contribution in [0.4, 0.5) is 4.39 Å². The zero-order valence-electron chi connectivity index (χ0n) is 10.1. The molecule has 0 spiro atoms. The summed E-state index contributed by atoms with van der Waals surface area (Å²) in [5.41, 5.74) is 1.86. The van der Waals surface area contributed by atoms with Gasteiger partial charge in [0.05, 0.1) is 11.1 Å². The van der Waals surface area contributed by atoms with Crippen molar-refractivity contribution in [1.29, 1.82) is 0 Å². The van der Waals surface area contributed by atoms with E-state index in [9.17, 15) is 9.18 Å². The maximum atomic E-state index is 13.8. The third-order valence-corrected chi connectivity index (χ3v) is 3.42. The molecule has 3 heteroatoms. The molecule has 1 aromatic heterocycles. The summed E-state index contributed by atoms with van der Waals surface area (Å²) in [4.78, 5) is 11.9. The summed E-state index contributed by atoms with van der Waals surface area (Å²) in [6.45, 7) is 1.83. The van der Waals surface area contributed by atoms with E-state index in [1.54, 1.807) is 18.2 Å². The fourth-order valence-electron chi connectivity index (χ4n) is 2.55. The Morgan fingerprint density at radius 3 is 2.72 bits per heavy atom. The normalized spacial score (nSPS) is 14.7. The second-order valence-electron chi connectivity index (χ2n) is 4.61. The van der Waals surface area contributed by atoms with Crippen LogP contribution in [0.15, 0.2) is 28.7 Å². The van der Waals surface area contributed by atoms with E-state index < -0.39 is 0 Å².